The maximum atomic E-state index is 13.3. The summed E-state index contributed by atoms with van der Waals surface area (Å²) in [6.45, 7) is 0.736. The van der Waals surface area contributed by atoms with E-state index in [1.54, 1.807) is 27.7 Å². The number of rotatable bonds is 4. The van der Waals surface area contributed by atoms with E-state index in [1.165, 1.54) is 18.3 Å². The maximum Gasteiger partial charge on any atom is 0.255 e. The summed E-state index contributed by atoms with van der Waals surface area (Å²) < 4.78 is 14.9. The summed E-state index contributed by atoms with van der Waals surface area (Å²) >= 11 is 0. The van der Waals surface area contributed by atoms with E-state index in [9.17, 15) is 14.0 Å². The van der Waals surface area contributed by atoms with Crippen molar-refractivity contribution < 1.29 is 14.0 Å². The van der Waals surface area contributed by atoms with E-state index in [4.69, 9.17) is 0 Å². The molecule has 1 aliphatic heterocycles. The Balaban J connectivity index is 1.43. The van der Waals surface area contributed by atoms with Gasteiger partial charge in [-0.25, -0.2) is 8.91 Å². The Hall–Kier alpha value is -3.22. The van der Waals surface area contributed by atoms with Crippen LogP contribution in [-0.2, 0) is 11.3 Å². The molecule has 1 fully saturated rings. The van der Waals surface area contributed by atoms with Gasteiger partial charge in [0.2, 0.25) is 5.91 Å². The highest BCUT2D eigenvalue weighted by atomic mass is 19.1. The molecule has 0 saturated carbocycles. The van der Waals surface area contributed by atoms with E-state index in [0.717, 1.165) is 5.56 Å². The van der Waals surface area contributed by atoms with Crippen LogP contribution in [0.15, 0.2) is 54.9 Å². The van der Waals surface area contributed by atoms with Crippen molar-refractivity contribution in [3.63, 3.8) is 0 Å². The van der Waals surface area contributed by atoms with Gasteiger partial charge in [0, 0.05) is 25.7 Å². The van der Waals surface area contributed by atoms with E-state index in [2.05, 4.69) is 10.4 Å². The molecule has 3 aromatic rings. The Kier molecular flexibility index (Phi) is 4.12. The predicted octanol–water partition coefficient (Wildman–Crippen LogP) is 2.00. The second-order valence-corrected chi connectivity index (χ2v) is 6.37. The zero-order chi connectivity index (χ0) is 18.1. The number of fused-ring (bicyclic) bond motifs is 1. The van der Waals surface area contributed by atoms with E-state index in [-0.39, 0.29) is 30.1 Å². The molecule has 0 radical (unpaired) electrons. The molecule has 1 unspecified atom stereocenters. The van der Waals surface area contributed by atoms with Gasteiger partial charge in [0.15, 0.2) is 0 Å². The normalized spacial score (nSPS) is 17.0. The summed E-state index contributed by atoms with van der Waals surface area (Å²) in [5.74, 6) is -0.636. The second-order valence-electron chi connectivity index (χ2n) is 6.37. The number of halogens is 1. The largest absolute Gasteiger partial charge is 0.347 e. The van der Waals surface area contributed by atoms with Crippen molar-refractivity contribution in [2.24, 2.45) is 0 Å². The van der Waals surface area contributed by atoms with Crippen molar-refractivity contribution >= 4 is 17.3 Å². The number of aromatic nitrogens is 2. The van der Waals surface area contributed by atoms with Crippen LogP contribution in [0.5, 0.6) is 0 Å². The average molecular weight is 352 g/mol. The summed E-state index contributed by atoms with van der Waals surface area (Å²) in [5.41, 5.74) is 1.92. The number of hydrogen-bond acceptors (Lipinski definition) is 3. The molecule has 2 aromatic heterocycles. The summed E-state index contributed by atoms with van der Waals surface area (Å²) in [7, 11) is 0. The van der Waals surface area contributed by atoms with Crippen LogP contribution in [-0.4, -0.2) is 38.9 Å². The lowest BCUT2D eigenvalue weighted by atomic mass is 10.2. The highest BCUT2D eigenvalue weighted by Gasteiger charge is 2.31. The Morgan fingerprint density at radius 1 is 1.27 bits per heavy atom. The van der Waals surface area contributed by atoms with Crippen molar-refractivity contribution in [3.8, 4) is 0 Å². The number of amides is 2. The smallest absolute Gasteiger partial charge is 0.255 e. The number of nitrogens with zero attached hydrogens (tertiary/aromatic N) is 3. The van der Waals surface area contributed by atoms with E-state index in [1.807, 2.05) is 18.2 Å². The summed E-state index contributed by atoms with van der Waals surface area (Å²) in [6, 6.07) is 11.4. The van der Waals surface area contributed by atoms with Crippen LogP contribution in [0.1, 0.15) is 22.3 Å². The van der Waals surface area contributed by atoms with Gasteiger partial charge in [0.05, 0.1) is 23.3 Å². The van der Waals surface area contributed by atoms with Crippen LogP contribution < -0.4 is 5.32 Å². The van der Waals surface area contributed by atoms with Gasteiger partial charge in [-0.15, -0.1) is 0 Å². The number of likely N-dealkylation sites (tertiary alicyclic amines) is 1. The van der Waals surface area contributed by atoms with Crippen LogP contribution in [0.4, 0.5) is 4.39 Å². The molecular weight excluding hydrogens is 335 g/mol. The zero-order valence-electron chi connectivity index (χ0n) is 13.9. The zero-order valence-corrected chi connectivity index (χ0v) is 13.9. The fourth-order valence-corrected chi connectivity index (χ4v) is 3.25. The molecule has 0 bridgehead atoms. The fraction of sp³-hybridized carbons (Fsp3) is 0.211. The van der Waals surface area contributed by atoms with Gasteiger partial charge in [-0.2, -0.15) is 5.10 Å². The van der Waals surface area contributed by atoms with Crippen molar-refractivity contribution in [2.75, 3.05) is 6.54 Å². The van der Waals surface area contributed by atoms with E-state index in [0.29, 0.717) is 24.2 Å². The third-order valence-corrected chi connectivity index (χ3v) is 4.48. The topological polar surface area (TPSA) is 66.7 Å². The van der Waals surface area contributed by atoms with Crippen molar-refractivity contribution in [1.29, 1.82) is 0 Å². The van der Waals surface area contributed by atoms with Gasteiger partial charge in [0.1, 0.15) is 5.82 Å². The SMILES string of the molecule is O=C(NC1CC(=O)N(Cc2cccc(F)c2)C1)c1cnn2ccccc12. The lowest BCUT2D eigenvalue weighted by Gasteiger charge is -2.17. The first kappa shape index (κ1) is 16.3. The summed E-state index contributed by atoms with van der Waals surface area (Å²) in [5, 5.41) is 7.05. The first-order chi connectivity index (χ1) is 12.6. The molecule has 6 nitrogen and oxygen atoms in total. The summed E-state index contributed by atoms with van der Waals surface area (Å²) in [6.07, 6.45) is 3.53. The van der Waals surface area contributed by atoms with Crippen LogP contribution in [0.3, 0.4) is 0 Å². The number of pyridine rings is 1. The first-order valence-corrected chi connectivity index (χ1v) is 8.35. The second kappa shape index (κ2) is 6.59. The molecule has 1 N–H and O–H groups in total. The average Bonchev–Trinajstić information content (AvgIpc) is 3.19. The number of benzene rings is 1. The van der Waals surface area contributed by atoms with Crippen LogP contribution >= 0.6 is 0 Å². The molecule has 132 valence electrons. The minimum Gasteiger partial charge on any atom is -0.347 e. The third-order valence-electron chi connectivity index (χ3n) is 4.48. The van der Waals surface area contributed by atoms with Gasteiger partial charge in [0.25, 0.3) is 5.91 Å². The first-order valence-electron chi connectivity index (χ1n) is 8.35. The highest BCUT2D eigenvalue weighted by Crippen LogP contribution is 2.17. The third kappa shape index (κ3) is 3.15. The van der Waals surface area contributed by atoms with Gasteiger partial charge in [-0.05, 0) is 29.8 Å². The van der Waals surface area contributed by atoms with Crippen molar-refractivity contribution in [1.82, 2.24) is 19.8 Å². The molecule has 1 aromatic carbocycles. The highest BCUT2D eigenvalue weighted by molar-refractivity contribution is 6.01. The van der Waals surface area contributed by atoms with Crippen molar-refractivity contribution in [3.05, 3.63) is 71.8 Å². The Morgan fingerprint density at radius 3 is 3.00 bits per heavy atom. The monoisotopic (exact) mass is 352 g/mol. The number of carbonyl (C=O) groups is 2. The van der Waals surface area contributed by atoms with Crippen LogP contribution in [0.2, 0.25) is 0 Å². The number of nitrogens with one attached hydrogen (secondary N) is 1. The fourth-order valence-electron chi connectivity index (χ4n) is 3.25. The van der Waals surface area contributed by atoms with Gasteiger partial charge in [-0.1, -0.05) is 18.2 Å². The molecule has 4 rings (SSSR count). The maximum absolute atomic E-state index is 13.3. The molecule has 0 aliphatic carbocycles. The molecule has 1 saturated heterocycles. The molecule has 1 atom stereocenters. The van der Waals surface area contributed by atoms with Crippen LogP contribution in [0, 0.1) is 5.82 Å². The number of hydrogen-bond donors (Lipinski definition) is 1. The Morgan fingerprint density at radius 2 is 2.15 bits per heavy atom. The predicted molar refractivity (Wildman–Crippen MR) is 92.9 cm³/mol. The van der Waals surface area contributed by atoms with Gasteiger partial charge >= 0.3 is 0 Å². The lowest BCUT2D eigenvalue weighted by molar-refractivity contribution is -0.128. The molecule has 0 spiro atoms. The van der Waals surface area contributed by atoms with E-state index < -0.39 is 0 Å². The lowest BCUT2D eigenvalue weighted by Crippen LogP contribution is -2.37. The molecular formula is C19H17FN4O2. The Labute approximate surface area is 149 Å². The molecule has 7 heteroatoms. The summed E-state index contributed by atoms with van der Waals surface area (Å²) in [4.78, 5) is 26.4. The number of carbonyl (C=O) groups excluding carboxylic acids is 2. The Bertz CT molecular complexity index is 984. The molecule has 2 amide bonds. The molecule has 26 heavy (non-hydrogen) atoms. The van der Waals surface area contributed by atoms with Crippen molar-refractivity contribution in [2.45, 2.75) is 19.0 Å². The van der Waals surface area contributed by atoms with Gasteiger partial charge in [-0.3, -0.25) is 9.59 Å². The van der Waals surface area contributed by atoms with Gasteiger partial charge < -0.3 is 10.2 Å². The molecule has 3 heterocycles. The molecule has 1 aliphatic rings. The standard InChI is InChI=1S/C19H17FN4O2/c20-14-5-3-4-13(8-14)11-23-12-15(9-18(23)25)22-19(26)16-10-21-24-7-2-1-6-17(16)24/h1-8,10,15H,9,11-12H2,(H,22,26). The minimum absolute atomic E-state index is 0.0561. The van der Waals surface area contributed by atoms with Crippen LogP contribution in [0.25, 0.3) is 5.52 Å². The van der Waals surface area contributed by atoms with E-state index >= 15 is 0 Å². The quantitative estimate of drug-likeness (QED) is 0.781. The minimum atomic E-state index is -0.327.